The summed E-state index contributed by atoms with van der Waals surface area (Å²) >= 11 is 12.8. The van der Waals surface area contributed by atoms with Gasteiger partial charge in [-0.05, 0) is 32.9 Å². The van der Waals surface area contributed by atoms with Gasteiger partial charge in [0.1, 0.15) is 11.4 Å². The number of piperazine rings is 1. The lowest BCUT2D eigenvalue weighted by molar-refractivity contribution is 0.0140. The minimum Gasteiger partial charge on any atom is -0.496 e. The van der Waals surface area contributed by atoms with Crippen LogP contribution in [0.25, 0.3) is 11.1 Å². The van der Waals surface area contributed by atoms with Crippen molar-refractivity contribution in [3.8, 4) is 16.9 Å². The molecule has 3 rings (SSSR count). The minimum atomic E-state index is -0.560. The maximum Gasteiger partial charge on any atom is 0.410 e. The highest BCUT2D eigenvalue weighted by Gasteiger charge is 2.29. The van der Waals surface area contributed by atoms with E-state index in [4.69, 9.17) is 32.7 Å². The zero-order valence-electron chi connectivity index (χ0n) is 18.1. The van der Waals surface area contributed by atoms with Crippen molar-refractivity contribution in [2.24, 2.45) is 0 Å². The summed E-state index contributed by atoms with van der Waals surface area (Å²) in [4.78, 5) is 28.9. The van der Waals surface area contributed by atoms with Gasteiger partial charge >= 0.3 is 6.09 Å². The molecule has 0 unspecified atom stereocenters. The van der Waals surface area contributed by atoms with Gasteiger partial charge in [-0.2, -0.15) is 0 Å². The Morgan fingerprint density at radius 2 is 1.52 bits per heavy atom. The first-order valence-electron chi connectivity index (χ1n) is 10.0. The fourth-order valence-electron chi connectivity index (χ4n) is 3.37. The summed E-state index contributed by atoms with van der Waals surface area (Å²) in [5.74, 6) is 0.200. The fraction of sp³-hybridized carbons (Fsp3) is 0.391. The van der Waals surface area contributed by atoms with E-state index in [-0.39, 0.29) is 12.0 Å². The second kappa shape index (κ2) is 9.37. The highest BCUT2D eigenvalue weighted by atomic mass is 35.5. The number of nitrogens with zero attached hydrogens (tertiary/aromatic N) is 2. The van der Waals surface area contributed by atoms with E-state index in [1.807, 2.05) is 39.0 Å². The Bertz CT molecular complexity index is 980. The summed E-state index contributed by atoms with van der Waals surface area (Å²) in [6.45, 7) is 7.06. The molecule has 2 aromatic carbocycles. The summed E-state index contributed by atoms with van der Waals surface area (Å²) in [6, 6.07) is 10.7. The number of rotatable bonds is 3. The molecule has 0 saturated carbocycles. The van der Waals surface area contributed by atoms with Gasteiger partial charge in [0.2, 0.25) is 0 Å². The van der Waals surface area contributed by atoms with Crippen LogP contribution < -0.4 is 4.74 Å². The molecule has 1 fully saturated rings. The normalized spacial score (nSPS) is 14.4. The topological polar surface area (TPSA) is 59.1 Å². The molecule has 8 heteroatoms. The van der Waals surface area contributed by atoms with Gasteiger partial charge in [-0.1, -0.05) is 41.4 Å². The molecule has 1 aliphatic rings. The van der Waals surface area contributed by atoms with Crippen molar-refractivity contribution in [1.82, 2.24) is 9.80 Å². The van der Waals surface area contributed by atoms with E-state index in [0.29, 0.717) is 53.1 Å². The number of benzene rings is 2. The number of methoxy groups -OCH3 is 1. The minimum absolute atomic E-state index is 0.189. The molecular formula is C23H26Cl2N2O4. The number of halogens is 2. The number of amides is 2. The van der Waals surface area contributed by atoms with Crippen LogP contribution in [0.5, 0.6) is 5.75 Å². The zero-order chi connectivity index (χ0) is 22.8. The Labute approximate surface area is 192 Å². The monoisotopic (exact) mass is 464 g/mol. The van der Waals surface area contributed by atoms with E-state index >= 15 is 0 Å². The van der Waals surface area contributed by atoms with E-state index in [1.54, 1.807) is 28.0 Å². The third-order valence-electron chi connectivity index (χ3n) is 4.90. The first kappa shape index (κ1) is 23.2. The number of hydrogen-bond acceptors (Lipinski definition) is 4. The molecule has 2 aromatic rings. The first-order chi connectivity index (χ1) is 14.6. The van der Waals surface area contributed by atoms with Crippen molar-refractivity contribution in [2.75, 3.05) is 33.3 Å². The lowest BCUT2D eigenvalue weighted by atomic mass is 10.0. The molecule has 0 radical (unpaired) electrons. The highest BCUT2D eigenvalue weighted by Crippen LogP contribution is 2.37. The molecule has 31 heavy (non-hydrogen) atoms. The predicted octanol–water partition coefficient (Wildman–Crippen LogP) is 5.36. The molecule has 0 N–H and O–H groups in total. The number of ether oxygens (including phenoxy) is 2. The average Bonchev–Trinajstić information content (AvgIpc) is 2.72. The molecule has 1 saturated heterocycles. The lowest BCUT2D eigenvalue weighted by Gasteiger charge is -2.35. The van der Waals surface area contributed by atoms with Gasteiger partial charge in [-0.25, -0.2) is 4.79 Å². The summed E-state index contributed by atoms with van der Waals surface area (Å²) < 4.78 is 10.8. The molecule has 6 nitrogen and oxygen atoms in total. The number of carbonyl (C=O) groups excluding carboxylic acids is 2. The summed E-state index contributed by atoms with van der Waals surface area (Å²) in [5.41, 5.74) is 1.23. The maximum absolute atomic E-state index is 13.3. The van der Waals surface area contributed by atoms with E-state index in [1.165, 1.54) is 7.11 Å². The highest BCUT2D eigenvalue weighted by molar-refractivity contribution is 6.36. The van der Waals surface area contributed by atoms with Crippen molar-refractivity contribution < 1.29 is 19.1 Å². The second-order valence-electron chi connectivity index (χ2n) is 8.27. The van der Waals surface area contributed by atoms with Crippen LogP contribution in [0.2, 0.25) is 10.0 Å². The lowest BCUT2D eigenvalue weighted by Crippen LogP contribution is -2.51. The largest absolute Gasteiger partial charge is 0.496 e. The quantitative estimate of drug-likeness (QED) is 0.612. The van der Waals surface area contributed by atoms with E-state index in [0.717, 1.165) is 5.56 Å². The maximum atomic E-state index is 13.3. The smallest absolute Gasteiger partial charge is 0.410 e. The molecule has 2 amide bonds. The Hall–Kier alpha value is -2.44. The van der Waals surface area contributed by atoms with Crippen LogP contribution >= 0.6 is 23.2 Å². The molecule has 1 aliphatic heterocycles. The SMILES string of the molecule is COc1cc(Cl)c(-c2ccccc2Cl)cc1C(=O)N1CCN(C(=O)OC(C)(C)C)CC1. The van der Waals surface area contributed by atoms with Crippen molar-refractivity contribution >= 4 is 35.2 Å². The third kappa shape index (κ3) is 5.43. The number of carbonyl (C=O) groups is 2. The molecule has 0 spiro atoms. The third-order valence-corrected chi connectivity index (χ3v) is 5.54. The van der Waals surface area contributed by atoms with Gasteiger partial charge in [-0.15, -0.1) is 0 Å². The van der Waals surface area contributed by atoms with E-state index in [9.17, 15) is 9.59 Å². The van der Waals surface area contributed by atoms with Crippen LogP contribution in [-0.4, -0.2) is 60.7 Å². The van der Waals surface area contributed by atoms with Crippen molar-refractivity contribution in [2.45, 2.75) is 26.4 Å². The van der Waals surface area contributed by atoms with E-state index in [2.05, 4.69) is 0 Å². The average molecular weight is 465 g/mol. The van der Waals surface area contributed by atoms with Gasteiger partial charge in [0, 0.05) is 48.4 Å². The summed E-state index contributed by atoms with van der Waals surface area (Å²) in [5, 5.41) is 0.982. The van der Waals surface area contributed by atoms with Crippen molar-refractivity contribution in [3.63, 3.8) is 0 Å². The molecule has 0 atom stereocenters. The van der Waals surface area contributed by atoms with Crippen LogP contribution in [0.1, 0.15) is 31.1 Å². The van der Waals surface area contributed by atoms with Gasteiger partial charge in [0.15, 0.2) is 0 Å². The van der Waals surface area contributed by atoms with Crippen LogP contribution in [0.3, 0.4) is 0 Å². The van der Waals surface area contributed by atoms with Crippen LogP contribution in [0.15, 0.2) is 36.4 Å². The summed E-state index contributed by atoms with van der Waals surface area (Å²) in [6.07, 6.45) is -0.371. The van der Waals surface area contributed by atoms with Gasteiger partial charge in [0.25, 0.3) is 5.91 Å². The Kier molecular flexibility index (Phi) is 7.02. The van der Waals surface area contributed by atoms with Crippen molar-refractivity contribution in [1.29, 1.82) is 0 Å². The van der Waals surface area contributed by atoms with Crippen molar-refractivity contribution in [3.05, 3.63) is 52.0 Å². The predicted molar refractivity (Wildman–Crippen MR) is 122 cm³/mol. The molecule has 0 bridgehead atoms. The van der Waals surface area contributed by atoms with Crippen LogP contribution in [0, 0.1) is 0 Å². The Balaban J connectivity index is 1.81. The van der Waals surface area contributed by atoms with Crippen LogP contribution in [0.4, 0.5) is 4.79 Å². The van der Waals surface area contributed by atoms with Gasteiger partial charge in [0.05, 0.1) is 17.7 Å². The van der Waals surface area contributed by atoms with Gasteiger partial charge in [-0.3, -0.25) is 4.79 Å². The standard InChI is InChI=1S/C23H26Cl2N2O4/c1-23(2,3)31-22(29)27-11-9-26(10-12-27)21(28)17-13-16(19(25)14-20(17)30-4)15-7-5-6-8-18(15)24/h5-8,13-14H,9-12H2,1-4H3. The molecule has 1 heterocycles. The molecule has 0 aliphatic carbocycles. The zero-order valence-corrected chi connectivity index (χ0v) is 19.6. The molecular weight excluding hydrogens is 439 g/mol. The fourth-order valence-corrected chi connectivity index (χ4v) is 3.86. The Morgan fingerprint density at radius 3 is 2.10 bits per heavy atom. The Morgan fingerprint density at radius 1 is 0.903 bits per heavy atom. The number of hydrogen-bond donors (Lipinski definition) is 0. The molecule has 0 aromatic heterocycles. The summed E-state index contributed by atoms with van der Waals surface area (Å²) in [7, 11) is 1.50. The first-order valence-corrected chi connectivity index (χ1v) is 10.8. The van der Waals surface area contributed by atoms with E-state index < -0.39 is 5.60 Å². The second-order valence-corrected chi connectivity index (χ2v) is 9.09. The van der Waals surface area contributed by atoms with Crippen LogP contribution in [-0.2, 0) is 4.74 Å². The van der Waals surface area contributed by atoms with Gasteiger partial charge < -0.3 is 19.3 Å². The molecule has 166 valence electrons.